The number of hydrogen-bond donors (Lipinski definition) is 3. The molecule has 1 aromatic carbocycles. The van der Waals surface area contributed by atoms with Crippen LogP contribution in [-0.4, -0.2) is 56.6 Å². The predicted molar refractivity (Wildman–Crippen MR) is 151 cm³/mol. The molecule has 0 aromatic heterocycles. The smallest absolute Gasteiger partial charge is 0.404 e. The van der Waals surface area contributed by atoms with Gasteiger partial charge in [0.1, 0.15) is 5.82 Å². The first-order chi connectivity index (χ1) is 17.2. The van der Waals surface area contributed by atoms with Crippen LogP contribution in [0.2, 0.25) is 0 Å². The van der Waals surface area contributed by atoms with E-state index in [1.807, 2.05) is 4.93 Å². The molecule has 1 aromatic rings. The van der Waals surface area contributed by atoms with Crippen molar-refractivity contribution in [3.05, 3.63) is 30.1 Å². The normalized spacial score (nSPS) is 29.5. The summed E-state index contributed by atoms with van der Waals surface area (Å²) in [4.78, 5) is 14.8. The lowest BCUT2D eigenvalue weighted by Crippen LogP contribution is -2.65. The zero-order valence-corrected chi connectivity index (χ0v) is 25.4. The molecule has 12 heteroatoms. The Hall–Kier alpha value is -0.795. The van der Waals surface area contributed by atoms with Crippen LogP contribution in [0.1, 0.15) is 53.9 Å². The van der Waals surface area contributed by atoms with Gasteiger partial charge in [-0.25, -0.2) is 17.5 Å². The highest BCUT2D eigenvalue weighted by Gasteiger charge is 2.68. The summed E-state index contributed by atoms with van der Waals surface area (Å²) in [5.74, 6) is -0.154. The third-order valence-electron chi connectivity index (χ3n) is 8.30. The van der Waals surface area contributed by atoms with Crippen LogP contribution in [0.3, 0.4) is 0 Å². The van der Waals surface area contributed by atoms with E-state index in [2.05, 4.69) is 67.2 Å². The third kappa shape index (κ3) is 6.35. The van der Waals surface area contributed by atoms with Crippen LogP contribution in [0.15, 0.2) is 29.2 Å². The molecule has 4 N–H and O–H groups in total. The Bertz CT molecular complexity index is 1060. The molecule has 5 rings (SSSR count). The minimum Gasteiger partial charge on any atom is -0.404 e. The van der Waals surface area contributed by atoms with Crippen molar-refractivity contribution in [2.24, 2.45) is 28.9 Å². The Morgan fingerprint density at radius 3 is 2.41 bits per heavy atom. The number of carbonyl (C=O) groups excluding carboxylic acids is 1. The molecule has 0 unspecified atom stereocenters. The van der Waals surface area contributed by atoms with Crippen molar-refractivity contribution in [3.8, 4) is 0 Å². The number of sulfonamides is 1. The minimum absolute atomic E-state index is 0.00738. The fraction of sp³-hybridized carbons (Fsp3) is 0.720. The number of hydrogen-bond acceptors (Lipinski definition) is 6. The van der Waals surface area contributed by atoms with Gasteiger partial charge >= 0.3 is 7.12 Å². The van der Waals surface area contributed by atoms with Gasteiger partial charge < -0.3 is 20.4 Å². The van der Waals surface area contributed by atoms with Crippen LogP contribution in [0.4, 0.5) is 4.39 Å². The highest BCUT2D eigenvalue weighted by molar-refractivity contribution is 14.1. The summed E-state index contributed by atoms with van der Waals surface area (Å²) in [6.07, 6.45) is 2.71. The van der Waals surface area contributed by atoms with Crippen LogP contribution >= 0.6 is 22.6 Å². The number of benzene rings is 1. The number of amides is 1. The molecule has 4 aliphatic rings. The second-order valence-corrected chi connectivity index (χ2v) is 13.3. The first-order valence-corrected chi connectivity index (χ1v) is 16.4. The van der Waals surface area contributed by atoms with Crippen molar-refractivity contribution in [2.75, 3.05) is 11.5 Å². The molecule has 3 saturated carbocycles. The molecule has 0 spiro atoms. The highest BCUT2D eigenvalue weighted by atomic mass is 127. The zero-order chi connectivity index (χ0) is 27.8. The summed E-state index contributed by atoms with van der Waals surface area (Å²) < 4.78 is 53.3. The van der Waals surface area contributed by atoms with E-state index in [1.165, 1.54) is 0 Å². The van der Waals surface area contributed by atoms with Crippen LogP contribution < -0.4 is 15.8 Å². The van der Waals surface area contributed by atoms with Gasteiger partial charge in [-0.15, -0.1) is 0 Å². The van der Waals surface area contributed by atoms with Gasteiger partial charge in [0.2, 0.25) is 15.9 Å². The molecule has 0 radical (unpaired) electrons. The Labute approximate surface area is 234 Å². The SMILES string of the molecule is CC(C)C[C@H](NC(=O)[C@@H](N)CNS(=O)(=O)c1ccc(F)cc1)B1O[C@@H]2C[C@@H]3C[C@@H](C3(C)C)[C@]2(C)O1.CI. The highest BCUT2D eigenvalue weighted by Crippen LogP contribution is 2.65. The van der Waals surface area contributed by atoms with E-state index in [4.69, 9.17) is 15.0 Å². The molecule has 1 heterocycles. The molecule has 1 amide bonds. The van der Waals surface area contributed by atoms with E-state index in [1.54, 1.807) is 0 Å². The van der Waals surface area contributed by atoms with E-state index in [0.29, 0.717) is 18.3 Å². The summed E-state index contributed by atoms with van der Waals surface area (Å²) in [5, 5.41) is 2.95. The van der Waals surface area contributed by atoms with Crippen molar-refractivity contribution < 1.29 is 26.9 Å². The number of nitrogens with one attached hydrogen (secondary N) is 2. The number of halogens is 2. The Kier molecular flexibility index (Phi) is 9.76. The van der Waals surface area contributed by atoms with E-state index in [9.17, 15) is 17.6 Å². The van der Waals surface area contributed by atoms with Gasteiger partial charge in [-0.2, -0.15) is 0 Å². The molecule has 4 fully saturated rings. The van der Waals surface area contributed by atoms with Crippen molar-refractivity contribution in [2.45, 2.75) is 82.5 Å². The average molecular weight is 651 g/mol. The van der Waals surface area contributed by atoms with Gasteiger partial charge in [-0.1, -0.05) is 50.3 Å². The molecule has 3 aliphatic carbocycles. The van der Waals surface area contributed by atoms with E-state index >= 15 is 0 Å². The van der Waals surface area contributed by atoms with Gasteiger partial charge in [0.05, 0.1) is 28.6 Å². The maximum absolute atomic E-state index is 13.1. The molecule has 1 saturated heterocycles. The molecule has 208 valence electrons. The number of nitrogens with two attached hydrogens (primary N) is 1. The number of rotatable bonds is 9. The van der Waals surface area contributed by atoms with Gasteiger partial charge in [0.15, 0.2) is 0 Å². The largest absolute Gasteiger partial charge is 0.481 e. The second-order valence-electron chi connectivity index (χ2n) is 11.5. The lowest BCUT2D eigenvalue weighted by atomic mass is 9.43. The Balaban J connectivity index is 0.00000186. The van der Waals surface area contributed by atoms with Crippen LogP contribution in [-0.2, 0) is 24.1 Å². The average Bonchev–Trinajstić information content (AvgIpc) is 3.20. The van der Waals surface area contributed by atoms with Gasteiger partial charge in [-0.3, -0.25) is 4.79 Å². The van der Waals surface area contributed by atoms with Crippen LogP contribution in [0.5, 0.6) is 0 Å². The summed E-state index contributed by atoms with van der Waals surface area (Å²) >= 11 is 2.15. The van der Waals surface area contributed by atoms with Crippen LogP contribution in [0, 0.1) is 29.0 Å². The first kappa shape index (κ1) is 30.7. The topological polar surface area (TPSA) is 120 Å². The first-order valence-electron chi connectivity index (χ1n) is 12.8. The third-order valence-corrected chi connectivity index (χ3v) is 9.74. The van der Waals surface area contributed by atoms with E-state index in [-0.39, 0.29) is 28.9 Å². The maximum atomic E-state index is 13.1. The van der Waals surface area contributed by atoms with Crippen molar-refractivity contribution in [1.29, 1.82) is 0 Å². The monoisotopic (exact) mass is 651 g/mol. The van der Waals surface area contributed by atoms with Gasteiger partial charge in [-0.05, 0) is 78.6 Å². The lowest BCUT2D eigenvalue weighted by Gasteiger charge is -2.64. The Morgan fingerprint density at radius 2 is 1.84 bits per heavy atom. The van der Waals surface area contributed by atoms with Crippen molar-refractivity contribution in [1.82, 2.24) is 10.0 Å². The standard InChI is InChI=1S/C24H37BFN3O5S.CH3I/c1-14(2)10-21(25-33-20-12-15-11-19(23(15,3)4)24(20,5)34-25)29-22(30)18(27)13-28-35(31,32)17-8-6-16(26)7-9-17;1-2/h6-9,14-15,18-21,28H,10-13,27H2,1-5H3,(H,29,30);1H3/t15-,18-,19-,20+,21-,24-;/m0./s1. The number of alkyl halides is 1. The van der Waals surface area contributed by atoms with E-state index in [0.717, 1.165) is 37.1 Å². The molecular weight excluding hydrogens is 611 g/mol. The maximum Gasteiger partial charge on any atom is 0.481 e. The van der Waals surface area contributed by atoms with E-state index < -0.39 is 46.5 Å². The van der Waals surface area contributed by atoms with Crippen LogP contribution in [0.25, 0.3) is 0 Å². The quantitative estimate of drug-likeness (QED) is 0.214. The van der Waals surface area contributed by atoms with Crippen molar-refractivity contribution in [3.63, 3.8) is 0 Å². The summed E-state index contributed by atoms with van der Waals surface area (Å²) in [7, 11) is -4.52. The second kappa shape index (κ2) is 11.8. The molecule has 37 heavy (non-hydrogen) atoms. The predicted octanol–water partition coefficient (Wildman–Crippen LogP) is 3.28. The summed E-state index contributed by atoms with van der Waals surface area (Å²) in [5.41, 5.74) is 5.85. The number of carbonyl (C=O) groups is 1. The molecule has 1 aliphatic heterocycles. The zero-order valence-electron chi connectivity index (χ0n) is 22.5. The lowest BCUT2D eigenvalue weighted by molar-refractivity contribution is -0.199. The fourth-order valence-corrected chi connectivity index (χ4v) is 7.16. The van der Waals surface area contributed by atoms with Gasteiger partial charge in [0.25, 0.3) is 0 Å². The molecule has 2 bridgehead atoms. The molecule has 8 nitrogen and oxygen atoms in total. The van der Waals surface area contributed by atoms with Crippen molar-refractivity contribution >= 4 is 45.6 Å². The van der Waals surface area contributed by atoms with Gasteiger partial charge in [0, 0.05) is 6.54 Å². The summed E-state index contributed by atoms with van der Waals surface area (Å²) in [6.45, 7) is 10.5. The Morgan fingerprint density at radius 1 is 1.22 bits per heavy atom. The summed E-state index contributed by atoms with van der Waals surface area (Å²) in [6, 6.07) is 3.31. The molecular formula is C25H40BFIN3O5S. The minimum atomic E-state index is -3.93. The fourth-order valence-electron chi connectivity index (χ4n) is 6.10. The molecule has 6 atom stereocenters.